The number of nitriles is 1. The minimum absolute atomic E-state index is 0.0298. The van der Waals surface area contributed by atoms with Crippen molar-refractivity contribution in [1.82, 2.24) is 4.90 Å². The summed E-state index contributed by atoms with van der Waals surface area (Å²) in [6, 6.07) is 15.6. The Morgan fingerprint density at radius 3 is 2.74 bits per heavy atom. The van der Waals surface area contributed by atoms with E-state index in [2.05, 4.69) is 12.1 Å². The number of ether oxygens (including phenoxy) is 1. The van der Waals surface area contributed by atoms with Gasteiger partial charge in [0.2, 0.25) is 5.91 Å². The van der Waals surface area contributed by atoms with E-state index in [-0.39, 0.29) is 23.8 Å². The number of hydrogen-bond donors (Lipinski definition) is 3. The van der Waals surface area contributed by atoms with E-state index in [4.69, 9.17) is 10.5 Å². The molecule has 0 bridgehead atoms. The van der Waals surface area contributed by atoms with Crippen molar-refractivity contribution in [3.8, 4) is 17.2 Å². The van der Waals surface area contributed by atoms with Crippen molar-refractivity contribution in [2.75, 3.05) is 26.8 Å². The number of benzene rings is 2. The van der Waals surface area contributed by atoms with Gasteiger partial charge in [0.15, 0.2) is 0 Å². The van der Waals surface area contributed by atoms with Gasteiger partial charge in [0.25, 0.3) is 0 Å². The summed E-state index contributed by atoms with van der Waals surface area (Å²) >= 11 is 0. The van der Waals surface area contributed by atoms with Crippen LogP contribution in [0.15, 0.2) is 42.5 Å². The summed E-state index contributed by atoms with van der Waals surface area (Å²) in [5.41, 5.74) is 9.08. The summed E-state index contributed by atoms with van der Waals surface area (Å²) in [4.78, 5) is 15.3. The number of amides is 1. The van der Waals surface area contributed by atoms with Gasteiger partial charge in [-0.3, -0.25) is 4.79 Å². The molecule has 1 saturated heterocycles. The van der Waals surface area contributed by atoms with Crippen molar-refractivity contribution < 1.29 is 19.7 Å². The number of aliphatic hydroxyl groups excluding tert-OH is 1. The number of nitrogens with two attached hydrogens (primary N) is 1. The molecule has 1 saturated carbocycles. The maximum absolute atomic E-state index is 13.4. The first kappa shape index (κ1) is 28.3. The molecule has 7 nitrogen and oxygen atoms in total. The zero-order chi connectivity index (χ0) is 27.3. The normalized spacial score (nSPS) is 25.1. The van der Waals surface area contributed by atoms with Gasteiger partial charge in [0.05, 0.1) is 23.3 Å². The summed E-state index contributed by atoms with van der Waals surface area (Å²) in [7, 11) is 1.68. The van der Waals surface area contributed by atoms with Gasteiger partial charge >= 0.3 is 0 Å². The van der Waals surface area contributed by atoms with Crippen LogP contribution in [0.3, 0.4) is 0 Å². The monoisotopic (exact) mass is 519 g/mol. The number of nitrogens with zero attached hydrogens (tertiary/aromatic N) is 2. The predicted octanol–water partition coefficient (Wildman–Crippen LogP) is 3.87. The molecule has 204 valence electrons. The molecule has 0 aromatic heterocycles. The molecular formula is C31H41N3O4. The topological polar surface area (TPSA) is 120 Å². The highest BCUT2D eigenvalue weighted by molar-refractivity contribution is 5.79. The van der Waals surface area contributed by atoms with Crippen LogP contribution in [0.4, 0.5) is 0 Å². The number of carbonyl (C=O) groups is 1. The van der Waals surface area contributed by atoms with Gasteiger partial charge in [-0.15, -0.1) is 0 Å². The highest BCUT2D eigenvalue weighted by Crippen LogP contribution is 2.44. The molecule has 1 amide bonds. The summed E-state index contributed by atoms with van der Waals surface area (Å²) in [6.07, 6.45) is 3.97. The van der Waals surface area contributed by atoms with Gasteiger partial charge in [-0.25, -0.2) is 0 Å². The largest absolute Gasteiger partial charge is 0.391 e. The molecule has 0 spiro atoms. The average molecular weight is 520 g/mol. The van der Waals surface area contributed by atoms with E-state index in [0.29, 0.717) is 44.5 Å². The Kier molecular flexibility index (Phi) is 9.22. The van der Waals surface area contributed by atoms with Crippen LogP contribution in [-0.2, 0) is 15.1 Å². The predicted molar refractivity (Wildman–Crippen MR) is 147 cm³/mol. The van der Waals surface area contributed by atoms with Gasteiger partial charge in [-0.1, -0.05) is 35.9 Å². The van der Waals surface area contributed by atoms with E-state index in [9.17, 15) is 20.3 Å². The first-order chi connectivity index (χ1) is 18.3. The Morgan fingerprint density at radius 2 is 2.05 bits per heavy atom. The molecule has 1 unspecified atom stereocenters. The molecule has 4 rings (SSSR count). The Morgan fingerprint density at radius 1 is 1.24 bits per heavy atom. The van der Waals surface area contributed by atoms with Crippen LogP contribution in [0.1, 0.15) is 61.6 Å². The summed E-state index contributed by atoms with van der Waals surface area (Å²) < 4.78 is 5.27. The van der Waals surface area contributed by atoms with Gasteiger partial charge in [-0.05, 0) is 80.7 Å². The number of rotatable bonds is 9. The van der Waals surface area contributed by atoms with E-state index >= 15 is 0 Å². The van der Waals surface area contributed by atoms with Gasteiger partial charge < -0.3 is 25.6 Å². The van der Waals surface area contributed by atoms with E-state index in [1.807, 2.05) is 42.2 Å². The minimum Gasteiger partial charge on any atom is -0.391 e. The van der Waals surface area contributed by atoms with Crippen molar-refractivity contribution in [1.29, 1.82) is 5.26 Å². The maximum atomic E-state index is 13.4. The Labute approximate surface area is 226 Å². The van der Waals surface area contributed by atoms with E-state index in [1.54, 1.807) is 13.2 Å². The third kappa shape index (κ3) is 6.10. The standard InChI is InChI=1S/C31H41N3O4/c1-21-7-5-8-23(15-21)26-16-22(19-32)10-11-27(26)31(37,12-3-4-14-38-2)25-9-6-13-34(20-25)30(36)24-17-28(33)29(35)18-24/h5,7-8,10-11,15-16,24-25,28-29,35,37H,3-4,6,9,12-14,17-18,20,33H2,1-2H3/t24-,25?,28+,29-,31-/m0/s1. The molecule has 5 atom stereocenters. The second-order valence-electron chi connectivity index (χ2n) is 11.1. The number of methoxy groups -OCH3 is 1. The number of carbonyl (C=O) groups excluding carboxylic acids is 1. The molecule has 2 fully saturated rings. The van der Waals surface area contributed by atoms with Crippen molar-refractivity contribution >= 4 is 5.91 Å². The van der Waals surface area contributed by atoms with E-state index in [0.717, 1.165) is 47.9 Å². The van der Waals surface area contributed by atoms with Crippen molar-refractivity contribution in [3.63, 3.8) is 0 Å². The highest BCUT2D eigenvalue weighted by atomic mass is 16.5. The number of piperidine rings is 1. The molecule has 7 heteroatoms. The second-order valence-corrected chi connectivity index (χ2v) is 11.1. The first-order valence-electron chi connectivity index (χ1n) is 13.8. The Bertz CT molecular complexity index is 1150. The van der Waals surface area contributed by atoms with Crippen molar-refractivity contribution in [3.05, 3.63) is 59.2 Å². The summed E-state index contributed by atoms with van der Waals surface area (Å²) in [5, 5.41) is 32.4. The van der Waals surface area contributed by atoms with Gasteiger partial charge in [0.1, 0.15) is 0 Å². The molecule has 2 aromatic carbocycles. The van der Waals surface area contributed by atoms with Crippen LogP contribution in [-0.4, -0.2) is 60.0 Å². The average Bonchev–Trinajstić information content (AvgIpc) is 3.28. The fourth-order valence-corrected chi connectivity index (χ4v) is 6.32. The number of aryl methyl sites for hydroxylation is 1. The number of likely N-dealkylation sites (tertiary alicyclic amines) is 1. The molecule has 0 radical (unpaired) electrons. The second kappa shape index (κ2) is 12.4. The van der Waals surface area contributed by atoms with E-state index < -0.39 is 11.7 Å². The fourth-order valence-electron chi connectivity index (χ4n) is 6.32. The lowest BCUT2D eigenvalue weighted by Gasteiger charge is -2.44. The SMILES string of the molecule is COCCCC[C@@](O)(c1ccc(C#N)cc1-c1cccc(C)c1)C1CCCN(C(=O)[C@H]2C[C@@H](N)[C@@H](O)C2)C1. The summed E-state index contributed by atoms with van der Waals surface area (Å²) in [5.74, 6) is -0.410. The van der Waals surface area contributed by atoms with Gasteiger partial charge in [-0.2, -0.15) is 5.26 Å². The minimum atomic E-state index is -1.19. The molecule has 38 heavy (non-hydrogen) atoms. The quantitative estimate of drug-likeness (QED) is 0.433. The smallest absolute Gasteiger partial charge is 0.225 e. The Hall–Kier alpha value is -2.76. The number of unbranched alkanes of at least 4 members (excludes halogenated alkanes) is 1. The van der Waals surface area contributed by atoms with Crippen LogP contribution in [0.5, 0.6) is 0 Å². The molecular weight excluding hydrogens is 478 g/mol. The van der Waals surface area contributed by atoms with E-state index in [1.165, 1.54) is 0 Å². The lowest BCUT2D eigenvalue weighted by Crippen LogP contribution is -2.49. The zero-order valence-corrected chi connectivity index (χ0v) is 22.6. The van der Waals surface area contributed by atoms with Crippen molar-refractivity contribution in [2.24, 2.45) is 17.6 Å². The number of hydrogen-bond acceptors (Lipinski definition) is 6. The molecule has 1 heterocycles. The highest BCUT2D eigenvalue weighted by Gasteiger charge is 2.44. The molecule has 1 aliphatic heterocycles. The maximum Gasteiger partial charge on any atom is 0.225 e. The third-order valence-corrected chi connectivity index (χ3v) is 8.44. The van der Waals surface area contributed by atoms with Crippen LogP contribution >= 0.6 is 0 Å². The van der Waals surface area contributed by atoms with Crippen LogP contribution < -0.4 is 5.73 Å². The van der Waals surface area contributed by atoms with Crippen LogP contribution in [0, 0.1) is 30.1 Å². The zero-order valence-electron chi connectivity index (χ0n) is 22.6. The fraction of sp³-hybridized carbons (Fsp3) is 0.548. The Balaban J connectivity index is 1.70. The molecule has 4 N–H and O–H groups in total. The summed E-state index contributed by atoms with van der Waals surface area (Å²) in [6.45, 7) is 3.75. The third-order valence-electron chi connectivity index (χ3n) is 8.44. The first-order valence-corrected chi connectivity index (χ1v) is 13.8. The van der Waals surface area contributed by atoms with Crippen molar-refractivity contribution in [2.45, 2.75) is 69.6 Å². The molecule has 2 aromatic rings. The van der Waals surface area contributed by atoms with Crippen LogP contribution in [0.25, 0.3) is 11.1 Å². The van der Waals surface area contributed by atoms with Gasteiger partial charge in [0, 0.05) is 44.7 Å². The number of aliphatic hydroxyl groups is 2. The van der Waals surface area contributed by atoms with Crippen LogP contribution in [0.2, 0.25) is 0 Å². The molecule has 1 aliphatic carbocycles. The lowest BCUT2D eigenvalue weighted by molar-refractivity contribution is -0.141. The lowest BCUT2D eigenvalue weighted by atomic mass is 9.71. The molecule has 2 aliphatic rings.